The van der Waals surface area contributed by atoms with Gasteiger partial charge in [0.25, 0.3) is 0 Å². The Balaban J connectivity index is 4.44. The Labute approximate surface area is 106 Å². The molecular formula is C13H30N2O2. The number of hydrogen-bond acceptors (Lipinski definition) is 4. The lowest BCUT2D eigenvalue weighted by molar-refractivity contribution is 0.0969. The fourth-order valence-electron chi connectivity index (χ4n) is 2.20. The van der Waals surface area contributed by atoms with E-state index in [-0.39, 0.29) is 18.6 Å². The first-order valence-electron chi connectivity index (χ1n) is 6.82. The Kier molecular flexibility index (Phi) is 9.74. The van der Waals surface area contributed by atoms with E-state index in [0.29, 0.717) is 13.1 Å². The van der Waals surface area contributed by atoms with Gasteiger partial charge in [0, 0.05) is 26.2 Å². The summed E-state index contributed by atoms with van der Waals surface area (Å²) in [4.78, 5) is 2.16. The molecule has 0 aliphatic heterocycles. The second-order valence-electron chi connectivity index (χ2n) is 4.71. The maximum atomic E-state index is 9.04. The van der Waals surface area contributed by atoms with E-state index in [2.05, 4.69) is 31.0 Å². The van der Waals surface area contributed by atoms with Crippen LogP contribution in [0, 0.1) is 5.41 Å². The summed E-state index contributed by atoms with van der Waals surface area (Å²) >= 11 is 0. The molecular weight excluding hydrogens is 216 g/mol. The van der Waals surface area contributed by atoms with Crippen LogP contribution in [0.25, 0.3) is 0 Å². The molecule has 0 rings (SSSR count). The Hall–Kier alpha value is -0.160. The Morgan fingerprint density at radius 2 is 1.53 bits per heavy atom. The molecule has 4 heteroatoms. The molecule has 0 amide bonds. The molecule has 4 nitrogen and oxygen atoms in total. The van der Waals surface area contributed by atoms with Crippen LogP contribution in [-0.4, -0.2) is 61.1 Å². The van der Waals surface area contributed by atoms with Crippen LogP contribution >= 0.6 is 0 Å². The summed E-state index contributed by atoms with van der Waals surface area (Å²) in [5.41, 5.74) is 0.250. The molecule has 0 saturated carbocycles. The van der Waals surface area contributed by atoms with E-state index in [0.717, 1.165) is 32.5 Å². The van der Waals surface area contributed by atoms with Crippen LogP contribution in [0.15, 0.2) is 0 Å². The van der Waals surface area contributed by atoms with Crippen LogP contribution in [0.5, 0.6) is 0 Å². The predicted molar refractivity (Wildman–Crippen MR) is 72.2 cm³/mol. The first-order valence-corrected chi connectivity index (χ1v) is 6.82. The quantitative estimate of drug-likeness (QED) is 0.502. The van der Waals surface area contributed by atoms with Crippen LogP contribution in [0.3, 0.4) is 0 Å². The lowest BCUT2D eigenvalue weighted by Gasteiger charge is -2.37. The highest BCUT2D eigenvalue weighted by molar-refractivity contribution is 4.82. The van der Waals surface area contributed by atoms with Gasteiger partial charge in [-0.1, -0.05) is 20.8 Å². The molecule has 0 radical (unpaired) electrons. The average Bonchev–Trinajstić information content (AvgIpc) is 2.35. The van der Waals surface area contributed by atoms with Crippen molar-refractivity contribution >= 4 is 0 Å². The second-order valence-corrected chi connectivity index (χ2v) is 4.71. The van der Waals surface area contributed by atoms with Gasteiger partial charge in [-0.3, -0.25) is 4.90 Å². The number of nitrogens with one attached hydrogen (secondary N) is 1. The van der Waals surface area contributed by atoms with E-state index in [4.69, 9.17) is 10.2 Å². The van der Waals surface area contributed by atoms with Crippen molar-refractivity contribution in [1.29, 1.82) is 0 Å². The predicted octanol–water partition coefficient (Wildman–Crippen LogP) is 0.689. The zero-order valence-electron chi connectivity index (χ0n) is 11.7. The summed E-state index contributed by atoms with van der Waals surface area (Å²) in [6, 6.07) is 0. The Bertz CT molecular complexity index is 167. The normalized spacial score (nSPS) is 12.4. The number of aliphatic hydroxyl groups is 2. The van der Waals surface area contributed by atoms with Crippen molar-refractivity contribution in [2.75, 3.05) is 45.9 Å². The molecule has 0 saturated heterocycles. The summed E-state index contributed by atoms with van der Waals surface area (Å²) in [5, 5.41) is 21.5. The highest BCUT2D eigenvalue weighted by Crippen LogP contribution is 2.26. The van der Waals surface area contributed by atoms with Crippen LogP contribution < -0.4 is 5.32 Å². The van der Waals surface area contributed by atoms with Gasteiger partial charge >= 0.3 is 0 Å². The summed E-state index contributed by atoms with van der Waals surface area (Å²) < 4.78 is 0. The molecule has 0 atom stereocenters. The van der Waals surface area contributed by atoms with Gasteiger partial charge in [0.2, 0.25) is 0 Å². The average molecular weight is 246 g/mol. The summed E-state index contributed by atoms with van der Waals surface area (Å²) in [5.74, 6) is 0. The minimum atomic E-state index is 0.157. The van der Waals surface area contributed by atoms with Gasteiger partial charge < -0.3 is 15.5 Å². The van der Waals surface area contributed by atoms with Gasteiger partial charge in [0.1, 0.15) is 0 Å². The number of aliphatic hydroxyl groups excluding tert-OH is 2. The number of nitrogens with zero attached hydrogens (tertiary/aromatic N) is 1. The standard InChI is InChI=1S/C13H30N2O2/c1-4-13(5-2,11-14-6-3)12-15(7-9-16)8-10-17/h14,16-17H,4-12H2,1-3H3. The van der Waals surface area contributed by atoms with Crippen molar-refractivity contribution in [2.45, 2.75) is 33.6 Å². The fourth-order valence-corrected chi connectivity index (χ4v) is 2.20. The van der Waals surface area contributed by atoms with Gasteiger partial charge in [-0.05, 0) is 24.8 Å². The first-order chi connectivity index (χ1) is 8.17. The SMILES string of the molecule is CCNCC(CC)(CC)CN(CCO)CCO. The van der Waals surface area contributed by atoms with Crippen molar-refractivity contribution in [2.24, 2.45) is 5.41 Å². The zero-order valence-corrected chi connectivity index (χ0v) is 11.7. The molecule has 0 aromatic rings. The van der Waals surface area contributed by atoms with Crippen molar-refractivity contribution in [1.82, 2.24) is 10.2 Å². The monoisotopic (exact) mass is 246 g/mol. The first kappa shape index (κ1) is 16.8. The van der Waals surface area contributed by atoms with Crippen molar-refractivity contribution < 1.29 is 10.2 Å². The van der Waals surface area contributed by atoms with E-state index in [9.17, 15) is 0 Å². The van der Waals surface area contributed by atoms with Gasteiger partial charge in [-0.2, -0.15) is 0 Å². The molecule has 0 heterocycles. The number of rotatable bonds is 11. The molecule has 0 fully saturated rings. The molecule has 0 aliphatic carbocycles. The molecule has 0 spiro atoms. The van der Waals surface area contributed by atoms with Gasteiger partial charge in [0.05, 0.1) is 13.2 Å². The van der Waals surface area contributed by atoms with E-state index in [1.807, 2.05) is 0 Å². The molecule has 104 valence electrons. The maximum Gasteiger partial charge on any atom is 0.0558 e. The van der Waals surface area contributed by atoms with Crippen molar-refractivity contribution in [3.63, 3.8) is 0 Å². The van der Waals surface area contributed by atoms with Gasteiger partial charge in [0.15, 0.2) is 0 Å². The highest BCUT2D eigenvalue weighted by atomic mass is 16.3. The minimum Gasteiger partial charge on any atom is -0.395 e. The van der Waals surface area contributed by atoms with Gasteiger partial charge in [-0.15, -0.1) is 0 Å². The highest BCUT2D eigenvalue weighted by Gasteiger charge is 2.27. The maximum absolute atomic E-state index is 9.04. The molecule has 0 aromatic carbocycles. The smallest absolute Gasteiger partial charge is 0.0558 e. The molecule has 17 heavy (non-hydrogen) atoms. The van der Waals surface area contributed by atoms with Crippen LogP contribution in [0.2, 0.25) is 0 Å². The Morgan fingerprint density at radius 1 is 1.00 bits per heavy atom. The van der Waals surface area contributed by atoms with E-state index in [1.54, 1.807) is 0 Å². The lowest BCUT2D eigenvalue weighted by Crippen LogP contribution is -2.45. The largest absolute Gasteiger partial charge is 0.395 e. The zero-order chi connectivity index (χ0) is 13.1. The molecule has 0 aromatic heterocycles. The molecule has 0 unspecified atom stereocenters. The lowest BCUT2D eigenvalue weighted by atomic mass is 9.81. The van der Waals surface area contributed by atoms with Crippen molar-refractivity contribution in [3.8, 4) is 0 Å². The topological polar surface area (TPSA) is 55.7 Å². The van der Waals surface area contributed by atoms with Crippen LogP contribution in [-0.2, 0) is 0 Å². The van der Waals surface area contributed by atoms with E-state index in [1.165, 1.54) is 0 Å². The van der Waals surface area contributed by atoms with E-state index < -0.39 is 0 Å². The summed E-state index contributed by atoms with van der Waals surface area (Å²) in [6.45, 7) is 11.1. The summed E-state index contributed by atoms with van der Waals surface area (Å²) in [6.07, 6.45) is 2.23. The molecule has 3 N–H and O–H groups in total. The third-order valence-electron chi connectivity index (χ3n) is 3.64. The summed E-state index contributed by atoms with van der Waals surface area (Å²) in [7, 11) is 0. The van der Waals surface area contributed by atoms with Gasteiger partial charge in [-0.25, -0.2) is 0 Å². The van der Waals surface area contributed by atoms with Crippen LogP contribution in [0.1, 0.15) is 33.6 Å². The second kappa shape index (κ2) is 9.83. The van der Waals surface area contributed by atoms with Crippen molar-refractivity contribution in [3.05, 3.63) is 0 Å². The van der Waals surface area contributed by atoms with E-state index >= 15 is 0 Å². The third-order valence-corrected chi connectivity index (χ3v) is 3.64. The fraction of sp³-hybridized carbons (Fsp3) is 1.00. The Morgan fingerprint density at radius 3 is 1.88 bits per heavy atom. The molecule has 0 aliphatic rings. The number of hydrogen-bond donors (Lipinski definition) is 3. The van der Waals surface area contributed by atoms with Crippen LogP contribution in [0.4, 0.5) is 0 Å². The molecule has 0 bridgehead atoms. The third kappa shape index (κ3) is 6.36. The minimum absolute atomic E-state index is 0.157.